The first-order chi connectivity index (χ1) is 71.0. The van der Waals surface area contributed by atoms with Crippen molar-refractivity contribution in [1.29, 1.82) is 0 Å². The maximum atomic E-state index is 13.0. The van der Waals surface area contributed by atoms with E-state index >= 15 is 0 Å². The highest BCUT2D eigenvalue weighted by Crippen LogP contribution is 2.40. The van der Waals surface area contributed by atoms with Gasteiger partial charge in [0.1, 0.15) is 52.9 Å². The number of aliphatic hydroxyl groups excluding tert-OH is 2. The lowest BCUT2D eigenvalue weighted by Crippen LogP contribution is -2.46. The van der Waals surface area contributed by atoms with Crippen molar-refractivity contribution in [3.63, 3.8) is 0 Å². The van der Waals surface area contributed by atoms with Crippen molar-refractivity contribution in [2.45, 2.75) is 93.6 Å². The molecule has 0 saturated carbocycles. The van der Waals surface area contributed by atoms with Gasteiger partial charge in [-0.2, -0.15) is 0 Å². The van der Waals surface area contributed by atoms with Gasteiger partial charge in [-0.15, -0.1) is 0 Å². The Hall–Kier alpha value is -19.5. The van der Waals surface area contributed by atoms with Crippen molar-refractivity contribution in [2.75, 3.05) is 49.1 Å². The lowest BCUT2D eigenvalue weighted by Gasteiger charge is -2.27. The molecule has 0 radical (unpaired) electrons. The van der Waals surface area contributed by atoms with Gasteiger partial charge in [0, 0.05) is 81.8 Å². The Labute approximate surface area is 838 Å². The van der Waals surface area contributed by atoms with Gasteiger partial charge >= 0.3 is 29.8 Å². The summed E-state index contributed by atoms with van der Waals surface area (Å²) in [5.41, 5.74) is 42.9. The molecule has 7 aliphatic heterocycles. The fourth-order valence-corrected chi connectivity index (χ4v) is 17.8. The monoisotopic (exact) mass is 1990 g/mol. The molecule has 7 aliphatic rings. The van der Waals surface area contributed by atoms with Crippen LogP contribution in [0.2, 0.25) is 0 Å². The Kier molecular flexibility index (Phi) is 28.6. The van der Waals surface area contributed by atoms with Gasteiger partial charge in [0.25, 0.3) is 47.2 Å². The number of carboxylic acid groups (broad SMARTS) is 4. The molecule has 7 unspecified atom stereocenters. The number of anilines is 8. The lowest BCUT2D eigenvalue weighted by atomic mass is 9.95. The predicted molar refractivity (Wildman–Crippen MR) is 540 cm³/mol. The molecule has 0 spiro atoms. The molecule has 1 aromatic heterocycles. The highest BCUT2D eigenvalue weighted by atomic mass is 16.4. The Bertz CT molecular complexity index is 7540. The van der Waals surface area contributed by atoms with Gasteiger partial charge in [0.2, 0.25) is 23.6 Å². The molecular weight excluding hydrogens is 1900 g/mol. The molecular formula is C108H89N17O23. The number of para-hydroxylation sites is 5. The van der Waals surface area contributed by atoms with Crippen molar-refractivity contribution in [3.05, 3.63) is 356 Å². The van der Waals surface area contributed by atoms with E-state index in [9.17, 15) is 107 Å². The van der Waals surface area contributed by atoms with E-state index in [1.165, 1.54) is 6.07 Å². The van der Waals surface area contributed by atoms with E-state index in [4.69, 9.17) is 33.1 Å². The summed E-state index contributed by atoms with van der Waals surface area (Å²) in [4.78, 5) is 222. The first-order valence-electron chi connectivity index (χ1n) is 46.0. The number of aliphatic imine (C=N–C) groups is 3. The maximum Gasteiger partial charge on any atom is 0.326 e. The summed E-state index contributed by atoms with van der Waals surface area (Å²) in [6, 6.07) is 66.5. The zero-order valence-electron chi connectivity index (χ0n) is 77.9. The Balaban J connectivity index is 0.000000135. The lowest BCUT2D eigenvalue weighted by molar-refractivity contribution is -0.141. The number of aromatic nitrogens is 1. The van der Waals surface area contributed by atoms with E-state index in [2.05, 4.69) is 41.2 Å². The van der Waals surface area contributed by atoms with Crippen LogP contribution in [0.5, 0.6) is 0 Å². The molecule has 40 heteroatoms. The number of nitrogen functional groups attached to an aromatic ring is 4. The summed E-state index contributed by atoms with van der Waals surface area (Å²) < 4.78 is 5.40. The number of aliphatic carboxylic acids is 4. The Morgan fingerprint density at radius 3 is 0.959 bits per heavy atom. The molecule has 8 heterocycles. The third kappa shape index (κ3) is 21.2. The second-order valence-electron chi connectivity index (χ2n) is 35.2. The predicted octanol–water partition coefficient (Wildman–Crippen LogP) is 8.36. The summed E-state index contributed by atoms with van der Waals surface area (Å²) in [7, 11) is 0. The molecule has 744 valence electrons. The number of fused-ring (bicyclic) bond motifs is 8. The van der Waals surface area contributed by atoms with Gasteiger partial charge in [-0.1, -0.05) is 140 Å². The van der Waals surface area contributed by atoms with Crippen LogP contribution in [0.3, 0.4) is 0 Å². The molecule has 40 nitrogen and oxygen atoms in total. The molecule has 20 rings (SSSR count). The minimum absolute atomic E-state index is 0.0297. The van der Waals surface area contributed by atoms with Crippen molar-refractivity contribution in [3.8, 4) is 0 Å². The summed E-state index contributed by atoms with van der Waals surface area (Å²) in [5.74, 6) is -12.1. The minimum atomic E-state index is -1.30. The average molecular weight is 1990 g/mol. The van der Waals surface area contributed by atoms with Crippen LogP contribution in [0.25, 0.3) is 11.1 Å². The quantitative estimate of drug-likeness (QED) is 0.0189. The number of nitrogens with one attached hydrogen (secondary N) is 4. The number of hydrogen-bond donors (Lipinski definition) is 15. The second-order valence-corrected chi connectivity index (χ2v) is 35.2. The minimum Gasteiger partial charge on any atom is -0.480 e. The smallest absolute Gasteiger partial charge is 0.326 e. The number of carbonyl (C=O) groups excluding carboxylic acids is 12. The van der Waals surface area contributed by atoms with Gasteiger partial charge < -0.3 is 85.0 Å². The number of nitrogens with two attached hydrogens (primary N) is 5. The summed E-state index contributed by atoms with van der Waals surface area (Å²) in [5, 5.41) is 68.9. The number of imide groups is 4. The average Bonchev–Trinajstić information content (AvgIpc) is 1.63. The summed E-state index contributed by atoms with van der Waals surface area (Å²) >= 11 is 0. The van der Waals surface area contributed by atoms with Crippen LogP contribution in [0.1, 0.15) is 131 Å². The van der Waals surface area contributed by atoms with Crippen LogP contribution >= 0.6 is 0 Å². The second kappa shape index (κ2) is 42.4. The number of carbonyl (C=O) groups is 16. The Morgan fingerprint density at radius 1 is 0.345 bits per heavy atom. The van der Waals surface area contributed by atoms with Gasteiger partial charge in [-0.25, -0.2) is 58.7 Å². The first-order valence-corrected chi connectivity index (χ1v) is 46.0. The molecule has 0 fully saturated rings. The molecule has 20 N–H and O–H groups in total. The van der Waals surface area contributed by atoms with E-state index in [0.29, 0.717) is 157 Å². The van der Waals surface area contributed by atoms with E-state index in [1.54, 1.807) is 261 Å². The van der Waals surface area contributed by atoms with Crippen LogP contribution in [-0.4, -0.2) is 178 Å². The molecule has 13 aromatic rings. The third-order valence-corrected chi connectivity index (χ3v) is 25.4. The zero-order chi connectivity index (χ0) is 105. The number of aliphatic hydroxyl groups is 2. The van der Waals surface area contributed by atoms with Crippen LogP contribution in [-0.2, 0) is 104 Å². The van der Waals surface area contributed by atoms with Gasteiger partial charge in [-0.3, -0.25) is 57.5 Å². The van der Waals surface area contributed by atoms with Crippen molar-refractivity contribution in [2.24, 2.45) is 20.7 Å². The van der Waals surface area contributed by atoms with Crippen LogP contribution < -0.4 is 69.5 Å². The molecule has 148 heavy (non-hydrogen) atoms. The topological polar surface area (TPSA) is 649 Å². The zero-order valence-corrected chi connectivity index (χ0v) is 77.9. The van der Waals surface area contributed by atoms with Crippen molar-refractivity contribution in [1.82, 2.24) is 26.3 Å². The summed E-state index contributed by atoms with van der Waals surface area (Å²) in [6.07, 6.45) is -1.20. The number of nitrogens with zero attached hydrogens (tertiary/aromatic N) is 8. The van der Waals surface area contributed by atoms with Gasteiger partial charge in [0.15, 0.2) is 5.58 Å². The normalized spacial score (nSPS) is 16.3. The van der Waals surface area contributed by atoms with Crippen LogP contribution in [0, 0.1) is 0 Å². The molecule has 0 saturated heterocycles. The van der Waals surface area contributed by atoms with Crippen molar-refractivity contribution >= 4 is 186 Å². The van der Waals surface area contributed by atoms with Gasteiger partial charge in [-0.05, 0) is 177 Å². The largest absolute Gasteiger partial charge is 0.480 e. The van der Waals surface area contributed by atoms with E-state index < -0.39 is 113 Å². The van der Waals surface area contributed by atoms with E-state index in [0.717, 1.165) is 19.6 Å². The van der Waals surface area contributed by atoms with Crippen molar-refractivity contribution < 1.29 is 112 Å². The SMILES string of the molecule is Nc1ccc2c(c1)C(=O)N(c1ccc(CC(NC(=O)C3=Nc4ccccc4C3CO)C(=O)O)cc1)C(=O)C2.Nc1ccc2c(c1)C(=O)N(c1ccc(CC(NC(=O)C3=Nc4ccccc4C3N)C(=O)O)cc1)C(=O)C2.Nc1ccc2c(c1)C(=O)N(c1ccc(CC(NC(=O)C3=Nc4ccccc4C3O)C(=O)O)cc1)C(=O)C2.Nc1ccc2c(c1)C(=O)N(c1ccc(CC(NC(=O)c3nc4ccccc4o3)C(=O)O)cc1)C(=O)C2. The van der Waals surface area contributed by atoms with Crippen LogP contribution in [0.4, 0.5) is 62.6 Å². The number of hydrogen-bond acceptors (Lipinski definition) is 28. The fraction of sp³-hybridized carbons (Fsp3) is 0.148. The number of carboxylic acids is 4. The summed E-state index contributed by atoms with van der Waals surface area (Å²) in [6.45, 7) is -0.340. The molecule has 12 aromatic carbocycles. The van der Waals surface area contributed by atoms with E-state index in [-0.39, 0.29) is 105 Å². The molecule has 7 atom stereocenters. The van der Waals surface area contributed by atoms with Crippen LogP contribution in [0.15, 0.2) is 286 Å². The van der Waals surface area contributed by atoms with E-state index in [1.807, 2.05) is 0 Å². The molecule has 0 bridgehead atoms. The first kappa shape index (κ1) is 100. The highest BCUT2D eigenvalue weighted by molar-refractivity contribution is 6.44. The highest BCUT2D eigenvalue weighted by Gasteiger charge is 2.42. The molecule has 0 aliphatic carbocycles. The number of benzene rings is 12. The molecule has 12 amide bonds. The maximum absolute atomic E-state index is 13.0. The third-order valence-electron chi connectivity index (χ3n) is 25.4. The standard InChI is InChI=1S/C28H24N4O6.C27H23N5O5.C27H22N4O6.C26H20N4O6/c29-17-8-7-16-12-24(34)32(27(36)20(16)13-17)18-9-5-15(6-10-18)11-23(28(37)38)31-26(35)25-21(14-33)19-3-1-2-4-22(19)30-25;28-16-8-7-15-12-22(33)32(26(35)19(15)13-16)17-9-5-14(6-10-17)11-21(27(36)37)31-25(34)24-23(29)18-3-1-2-4-20(18)30-24;28-16-8-7-15-12-22(32)31(26(35)19(15)13-16)17-9-5-14(6-10-17)11-21(27(36)37)30-25(34)23-24(33)18-3-1-2-4-20(18)29-23;27-16-8-7-15-12-22(31)30(25(33)18(15)13-16)17-9-5-14(6-10-17)11-20(26(34)35)28-23(32)24-29-19-3-1-2-4-21(19)36-24/h1-10,13,21,23,33H,11-12,14,29H2,(H,31,35)(H,37,38);1-10,13,21,23H,11-12,28-29H2,(H,31,34)(H,36,37);1-10,13,21,24,33H,11-12,28H2,(H,30,34)(H,36,37);1-10,13,20H,11-12,27H2,(H,28,32)(H,34,35). The van der Waals surface area contributed by atoms with Gasteiger partial charge in [0.05, 0.1) is 84.1 Å². The number of amides is 12. The number of rotatable bonds is 25. The Morgan fingerprint density at radius 2 is 0.628 bits per heavy atom. The fourth-order valence-electron chi connectivity index (χ4n) is 17.8. The number of oxazole rings is 1.